The molecule has 8 aromatic carbocycles. The molecule has 0 bridgehead atoms. The summed E-state index contributed by atoms with van der Waals surface area (Å²) in [6, 6.07) is 23.8. The molecule has 6 saturated carbocycles. The van der Waals surface area contributed by atoms with Crippen LogP contribution in [0.3, 0.4) is 0 Å². The molecule has 0 aromatic heterocycles. The van der Waals surface area contributed by atoms with Crippen molar-refractivity contribution in [3.05, 3.63) is 260 Å². The Morgan fingerprint density at radius 2 is 0.721 bits per heavy atom. The summed E-state index contributed by atoms with van der Waals surface area (Å²) in [6.07, 6.45) is 39.0. The molecule has 0 spiro atoms. The largest absolute Gasteiger partial charge is 1.00 e. The van der Waals surface area contributed by atoms with Gasteiger partial charge in [0, 0.05) is 47.5 Å². The zero-order valence-corrected chi connectivity index (χ0v) is 85.2. The van der Waals surface area contributed by atoms with Crippen LogP contribution in [0.4, 0.5) is 65.9 Å². The molecule has 6 N–H and O–H groups in total. The molecule has 6 aliphatic carbocycles. The molecule has 1 saturated heterocycles. The number of benzene rings is 8. The molecule has 0 unspecified atom stereocenters. The quantitative estimate of drug-likeness (QED) is 0.0169. The fourth-order valence-electron chi connectivity index (χ4n) is 18.2. The van der Waals surface area contributed by atoms with E-state index in [1.807, 2.05) is 19.1 Å². The molecule has 32 heteroatoms. The van der Waals surface area contributed by atoms with Crippen LogP contribution in [-0.4, -0.2) is 93.2 Å². The van der Waals surface area contributed by atoms with Gasteiger partial charge in [-0.05, 0) is 388 Å². The maximum absolute atomic E-state index is 14.8. The summed E-state index contributed by atoms with van der Waals surface area (Å²) in [7, 11) is -6.60. The summed E-state index contributed by atoms with van der Waals surface area (Å²) in [5, 5.41) is 43.8. The minimum absolute atomic E-state index is 0. The summed E-state index contributed by atoms with van der Waals surface area (Å²) in [5.74, 6) is -9.77. The average molecular weight is 2100 g/mol. The molecule has 1 aliphatic heterocycles. The number of halogens is 17. The fraction of sp³-hybridized carbons (Fsp3) is 0.481. The van der Waals surface area contributed by atoms with Gasteiger partial charge in [0.2, 0.25) is 23.3 Å². The first kappa shape index (κ1) is 118. The predicted molar refractivity (Wildman–Crippen MR) is 506 cm³/mol. The van der Waals surface area contributed by atoms with Crippen LogP contribution in [0.5, 0.6) is 23.0 Å². The smallest absolute Gasteiger partial charge is 0.870 e. The second-order valence-corrected chi connectivity index (χ2v) is 38.7. The van der Waals surface area contributed by atoms with Gasteiger partial charge in [-0.2, -0.15) is 26.0 Å². The number of aliphatic hydroxyl groups is 1. The van der Waals surface area contributed by atoms with Crippen LogP contribution in [0.15, 0.2) is 161 Å². The second kappa shape index (κ2) is 60.7. The second-order valence-electron chi connectivity index (χ2n) is 35.3. The minimum atomic E-state index is -3.63. The number of phenols is 2. The number of aryl methyl sites for hydroxylation is 4. The van der Waals surface area contributed by atoms with Gasteiger partial charge in [0.05, 0.1) is 42.2 Å². The first-order valence-electron chi connectivity index (χ1n) is 46.5. The van der Waals surface area contributed by atoms with Gasteiger partial charge in [0.1, 0.15) is 0 Å². The number of hydrogen-bond acceptors (Lipinski definition) is 12. The van der Waals surface area contributed by atoms with Crippen molar-refractivity contribution < 1.29 is 176 Å². The molecular weight excluding hydrogens is 1970 g/mol. The van der Waals surface area contributed by atoms with E-state index in [4.69, 9.17) is 45.1 Å². The van der Waals surface area contributed by atoms with Gasteiger partial charge < -0.3 is 45.1 Å². The number of ether oxygens (including phenoxy) is 3. The Morgan fingerprint density at radius 1 is 0.412 bits per heavy atom. The molecule has 8 aromatic rings. The molecule has 12 nitrogen and oxygen atoms in total. The van der Waals surface area contributed by atoms with Crippen molar-refractivity contribution in [2.75, 3.05) is 46.8 Å². The summed E-state index contributed by atoms with van der Waals surface area (Å²) in [6.45, 7) is 22.8. The molecule has 15 rings (SSSR count). The number of rotatable bonds is 19. The topological polar surface area (TPSA) is 202 Å². The van der Waals surface area contributed by atoms with Crippen LogP contribution in [0.2, 0.25) is 0 Å². The van der Waals surface area contributed by atoms with Crippen LogP contribution < -0.4 is 66.3 Å². The minimum Gasteiger partial charge on any atom is -0.870 e. The van der Waals surface area contributed by atoms with E-state index in [9.17, 15) is 74.3 Å². The Balaban J connectivity index is 0.000000289. The summed E-state index contributed by atoms with van der Waals surface area (Å²) in [4.78, 5) is 0.260. The first-order valence-corrected chi connectivity index (χ1v) is 48.8. The van der Waals surface area contributed by atoms with E-state index >= 15 is 0 Å². The maximum atomic E-state index is 14.8. The Hall–Kier alpha value is -6.50. The molecule has 7 aliphatic rings. The van der Waals surface area contributed by atoms with Crippen LogP contribution in [0, 0.1) is 180 Å². The van der Waals surface area contributed by atoms with Crippen molar-refractivity contribution in [1.29, 1.82) is 0 Å². The van der Waals surface area contributed by atoms with Gasteiger partial charge in [-0.1, -0.05) is 66.3 Å². The van der Waals surface area contributed by atoms with Crippen LogP contribution >= 0.6 is 31.9 Å². The average Bonchev–Trinajstić information content (AvgIpc) is 1.25. The van der Waals surface area contributed by atoms with Crippen LogP contribution in [-0.2, 0) is 19.0 Å². The third kappa shape index (κ3) is 35.6. The molecule has 0 amide bonds. The van der Waals surface area contributed by atoms with E-state index < -0.39 is 134 Å². The number of allylic oxidation sites excluding steroid dienone is 3. The van der Waals surface area contributed by atoms with Gasteiger partial charge in [-0.25, -0.2) is 43.9 Å². The number of aliphatic hydroxyl groups excluding tert-OH is 1. The third-order valence-electron chi connectivity index (χ3n) is 26.6. The van der Waals surface area contributed by atoms with Crippen molar-refractivity contribution in [3.8, 4) is 45.3 Å². The van der Waals surface area contributed by atoms with Gasteiger partial charge in [0.15, 0.2) is 81.2 Å². The molecule has 0 radical (unpaired) electrons. The molecule has 136 heavy (non-hydrogen) atoms. The van der Waals surface area contributed by atoms with Gasteiger partial charge in [0.25, 0.3) is 10.1 Å². The standard InChI is InChI=1S/C29H34F4O2.C22H32O3S.C15H26O.C13H8F4O.C7H7BF2O2.C7H5BrF2.C6H3BrF2O.C4H8O.CH3F.K.H2O/c1-3-18-5-9-20(10-6-18)21-11-7-19(8-12-21)17-35-25-16-14-23(27(31)29(25)33)22-13-15-24(34-4-2)28(32)26(22)30;1-3-18-6-10-20(11-7-18)21-12-8-19(9-13-21)16-25-26(23,24)22-14-4-17(2)5-15-22;1-2-12-3-7-14(8-4-12)15-9-5-13(11-16)6-10-15;1-6-2-3-7(11(15)10(6)14)8-4-5-9(18)13(17)12(8)16;1-4-2-3-5(8(11)12)7(10)6(4)9;1-4-2-3-5(8)7(10)6(4)9;7-3-1-2-4(10)6(9)5(3)8;1-2-4-5-3-1;1-2;;/h3,13-16,18-21H,1,4-12,17H2,2H3;3-5,14-15,18-21H,1,6-13,16H2,2H3;2,12-16H,1,3-11H2;2-5,18H,1H3;2-3,11-12H,1H3;2-3H,1H3;1-2,10H;1-4H2;1H3;;1H2/q;;;;;;;;;+1;/p-1/i;;;;;;;;1D;;. The molecule has 7 fully saturated rings. The van der Waals surface area contributed by atoms with Gasteiger partial charge in [-0.3, -0.25) is 8.57 Å². The van der Waals surface area contributed by atoms with E-state index in [0.29, 0.717) is 49.1 Å². The van der Waals surface area contributed by atoms with Crippen molar-refractivity contribution >= 4 is 54.6 Å². The molecule has 1 heterocycles. The fourth-order valence-corrected chi connectivity index (χ4v) is 19.8. The van der Waals surface area contributed by atoms with Gasteiger partial charge in [-0.15, -0.1) is 19.7 Å². The van der Waals surface area contributed by atoms with Crippen molar-refractivity contribution in [1.82, 2.24) is 0 Å². The number of aromatic hydroxyl groups is 2. The summed E-state index contributed by atoms with van der Waals surface area (Å²) in [5.41, 5.74) is -0.442. The van der Waals surface area contributed by atoms with Crippen molar-refractivity contribution in [2.24, 2.45) is 71.0 Å². The van der Waals surface area contributed by atoms with E-state index in [1.54, 1.807) is 19.1 Å². The Morgan fingerprint density at radius 3 is 1.09 bits per heavy atom. The van der Waals surface area contributed by atoms with E-state index in [-0.39, 0.29) is 111 Å². The Kier molecular flexibility index (Phi) is 52.8. The summed E-state index contributed by atoms with van der Waals surface area (Å²) >= 11 is 5.62. The monoisotopic (exact) mass is 2090 g/mol. The third-order valence-corrected chi connectivity index (χ3v) is 29.1. The zero-order valence-electron chi connectivity index (χ0n) is 79.1. The van der Waals surface area contributed by atoms with Crippen LogP contribution in [0.1, 0.15) is 197 Å². The number of phenolic OH excluding ortho intramolecular Hbond substituents is 2. The first-order chi connectivity index (χ1) is 64.4. The Labute approximate surface area is 852 Å². The van der Waals surface area contributed by atoms with Crippen molar-refractivity contribution in [2.45, 2.75) is 206 Å². The molecular formula is C104H127BBr2F15KO12S. The van der Waals surface area contributed by atoms with E-state index in [1.165, 1.54) is 204 Å². The van der Waals surface area contributed by atoms with Crippen LogP contribution in [0.25, 0.3) is 22.3 Å². The SMILES string of the molecule is C1CCOC1.C=CC1CCC(C2CCC(CO)CC2)CC1.C=CC1CCC(C2CCC(COS(=O)(=O)c3ccc(C)cc3)CC2)CC1.C=CC1CCC(C2CCC(COc3ccc(-c4ccc(OCC)c(F)c4F)c(F)c3F)CC2)CC1.Cc1ccc(-c2ccc(O)c(F)c2F)c(F)c1F.Cc1ccc(B(O)O)c(F)c1F.Cc1ccc(Br)c(F)c1F.Oc1ccc(Br)c(F)c1F.[2H]CF.[K+].[OH-]. The Bertz CT molecular complexity index is 4990. The number of hydrogen-bond donors (Lipinski definition) is 5. The number of alkyl halides is 1. The maximum Gasteiger partial charge on any atom is 1.00 e. The predicted octanol–water partition coefficient (Wildman–Crippen LogP) is 25.3. The molecule has 744 valence electrons. The van der Waals surface area contributed by atoms with E-state index in [2.05, 4.69) is 69.8 Å². The zero-order chi connectivity index (χ0) is 99.3. The normalized spacial score (nSPS) is 21.7. The van der Waals surface area contributed by atoms with Crippen molar-refractivity contribution in [3.63, 3.8) is 0 Å². The van der Waals surface area contributed by atoms with E-state index in [0.717, 1.165) is 135 Å². The molecule has 0 atom stereocenters. The van der Waals surface area contributed by atoms with Gasteiger partial charge >= 0.3 is 58.5 Å². The summed E-state index contributed by atoms with van der Waals surface area (Å²) < 4.78 is 249.